The highest BCUT2D eigenvalue weighted by Gasteiger charge is 2.27. The number of hydrogen-bond acceptors (Lipinski definition) is 4. The summed E-state index contributed by atoms with van der Waals surface area (Å²) in [6.45, 7) is 6.18. The molecule has 3 aromatic rings. The van der Waals surface area contributed by atoms with E-state index in [1.165, 1.54) is 6.07 Å². The standard InChI is InChI=1S/C26H28ClF3N4O2/c1-4-34-14-23(32-16-34)19-7-5-18(6-8-19)11-21(13-31-15-26(28,29)30)33-25(35)20-9-10-24(22(27)12-20)36-17(2)3/h4-10,12,14,16-17,21,31H,1,11,13,15H2,2-3H3,(H,33,35)/t21-/m0/s1. The van der Waals surface area contributed by atoms with Gasteiger partial charge in [-0.15, -0.1) is 0 Å². The molecule has 36 heavy (non-hydrogen) atoms. The topological polar surface area (TPSA) is 68.2 Å². The molecule has 0 aliphatic rings. The van der Waals surface area contributed by atoms with Gasteiger partial charge in [-0.1, -0.05) is 42.4 Å². The van der Waals surface area contributed by atoms with Gasteiger partial charge in [0.2, 0.25) is 0 Å². The van der Waals surface area contributed by atoms with Crippen LogP contribution in [0.15, 0.2) is 61.6 Å². The van der Waals surface area contributed by atoms with E-state index in [1.807, 2.05) is 44.3 Å². The number of benzene rings is 2. The van der Waals surface area contributed by atoms with Gasteiger partial charge in [0.15, 0.2) is 0 Å². The predicted molar refractivity (Wildman–Crippen MR) is 135 cm³/mol. The van der Waals surface area contributed by atoms with Gasteiger partial charge in [-0.3, -0.25) is 4.79 Å². The second-order valence-corrected chi connectivity index (χ2v) is 8.93. The summed E-state index contributed by atoms with van der Waals surface area (Å²) in [6, 6.07) is 11.5. The smallest absolute Gasteiger partial charge is 0.401 e. The summed E-state index contributed by atoms with van der Waals surface area (Å²) < 4.78 is 45.3. The number of rotatable bonds is 11. The highest BCUT2D eigenvalue weighted by molar-refractivity contribution is 6.32. The van der Waals surface area contributed by atoms with E-state index in [0.29, 0.717) is 12.2 Å². The Morgan fingerprint density at radius 1 is 1.22 bits per heavy atom. The lowest BCUT2D eigenvalue weighted by Crippen LogP contribution is -2.45. The molecule has 10 heteroatoms. The fourth-order valence-corrected chi connectivity index (χ4v) is 3.73. The van der Waals surface area contributed by atoms with Gasteiger partial charge in [-0.2, -0.15) is 13.2 Å². The lowest BCUT2D eigenvalue weighted by molar-refractivity contribution is -0.124. The fraction of sp³-hybridized carbons (Fsp3) is 0.308. The number of halogens is 4. The van der Waals surface area contributed by atoms with Crippen LogP contribution < -0.4 is 15.4 Å². The minimum Gasteiger partial charge on any atom is -0.489 e. The van der Waals surface area contributed by atoms with Gasteiger partial charge in [0.25, 0.3) is 5.91 Å². The lowest BCUT2D eigenvalue weighted by Gasteiger charge is -2.21. The second-order valence-electron chi connectivity index (χ2n) is 8.52. The summed E-state index contributed by atoms with van der Waals surface area (Å²) in [6.07, 6.45) is 0.974. The zero-order valence-corrected chi connectivity index (χ0v) is 20.7. The fourth-order valence-electron chi connectivity index (χ4n) is 3.50. The highest BCUT2D eigenvalue weighted by Crippen LogP contribution is 2.26. The molecule has 1 aromatic heterocycles. The van der Waals surface area contributed by atoms with Crippen LogP contribution in [-0.2, 0) is 6.42 Å². The lowest BCUT2D eigenvalue weighted by atomic mass is 10.0. The molecule has 0 saturated carbocycles. The van der Waals surface area contributed by atoms with Gasteiger partial charge in [-0.25, -0.2) is 4.98 Å². The van der Waals surface area contributed by atoms with Crippen LogP contribution in [0.2, 0.25) is 5.02 Å². The molecule has 3 rings (SSSR count). The Labute approximate surface area is 213 Å². The summed E-state index contributed by atoms with van der Waals surface area (Å²) in [5.41, 5.74) is 2.78. The predicted octanol–water partition coefficient (Wildman–Crippen LogP) is 5.58. The highest BCUT2D eigenvalue weighted by atomic mass is 35.5. The monoisotopic (exact) mass is 520 g/mol. The van der Waals surface area contributed by atoms with E-state index < -0.39 is 24.7 Å². The Hall–Kier alpha value is -3.30. The van der Waals surface area contributed by atoms with Crippen molar-refractivity contribution in [1.82, 2.24) is 20.2 Å². The number of nitrogens with zero attached hydrogens (tertiary/aromatic N) is 2. The number of amides is 1. The van der Waals surface area contributed by atoms with Gasteiger partial charge in [0.1, 0.15) is 5.75 Å². The Bertz CT molecular complexity index is 1180. The van der Waals surface area contributed by atoms with Crippen LogP contribution in [0.3, 0.4) is 0 Å². The molecular formula is C26H28ClF3N4O2. The average Bonchev–Trinajstić information content (AvgIpc) is 3.29. The van der Waals surface area contributed by atoms with E-state index in [2.05, 4.69) is 22.2 Å². The molecule has 2 aromatic carbocycles. The second kappa shape index (κ2) is 12.1. The number of carbonyl (C=O) groups excluding carboxylic acids is 1. The van der Waals surface area contributed by atoms with E-state index in [0.717, 1.165) is 16.8 Å². The van der Waals surface area contributed by atoms with Crippen molar-refractivity contribution < 1.29 is 22.7 Å². The Balaban J connectivity index is 1.72. The zero-order valence-electron chi connectivity index (χ0n) is 20.0. The first-order valence-corrected chi connectivity index (χ1v) is 11.7. The third kappa shape index (κ3) is 8.13. The number of aromatic nitrogens is 2. The first-order chi connectivity index (χ1) is 17.0. The Morgan fingerprint density at radius 2 is 1.94 bits per heavy atom. The summed E-state index contributed by atoms with van der Waals surface area (Å²) in [5, 5.41) is 5.48. The maximum atomic E-state index is 12.9. The Kier molecular flexibility index (Phi) is 9.17. The molecule has 0 radical (unpaired) electrons. The van der Waals surface area contributed by atoms with Gasteiger partial charge in [0.05, 0.1) is 29.7 Å². The van der Waals surface area contributed by atoms with Crippen molar-refractivity contribution in [3.8, 4) is 17.0 Å². The van der Waals surface area contributed by atoms with Crippen LogP contribution in [0.5, 0.6) is 5.75 Å². The number of imidazole rings is 1. The van der Waals surface area contributed by atoms with Crippen molar-refractivity contribution >= 4 is 23.7 Å². The van der Waals surface area contributed by atoms with Crippen molar-refractivity contribution in [3.05, 3.63) is 77.7 Å². The van der Waals surface area contributed by atoms with Crippen LogP contribution in [0.1, 0.15) is 29.8 Å². The summed E-state index contributed by atoms with van der Waals surface area (Å²) in [4.78, 5) is 17.2. The molecule has 2 N–H and O–H groups in total. The maximum Gasteiger partial charge on any atom is 0.401 e. The van der Waals surface area contributed by atoms with Crippen LogP contribution >= 0.6 is 11.6 Å². The van der Waals surface area contributed by atoms with Crippen molar-refractivity contribution in [1.29, 1.82) is 0 Å². The van der Waals surface area contributed by atoms with E-state index >= 15 is 0 Å². The SMILES string of the molecule is C=Cn1cnc(-c2ccc(C[C@@H](CNCC(F)(F)F)NC(=O)c3ccc(OC(C)C)c(Cl)c3)cc2)c1. The molecule has 1 atom stereocenters. The van der Waals surface area contributed by atoms with Crippen molar-refractivity contribution in [2.24, 2.45) is 0 Å². The maximum absolute atomic E-state index is 12.9. The quantitative estimate of drug-likeness (QED) is 0.346. The molecule has 1 amide bonds. The normalized spacial score (nSPS) is 12.4. The summed E-state index contributed by atoms with van der Waals surface area (Å²) in [5.74, 6) is 0.00279. The van der Waals surface area contributed by atoms with Crippen LogP contribution in [0, 0.1) is 0 Å². The van der Waals surface area contributed by atoms with Crippen molar-refractivity contribution in [2.75, 3.05) is 13.1 Å². The zero-order chi connectivity index (χ0) is 26.3. The molecule has 0 unspecified atom stereocenters. The number of nitrogens with one attached hydrogen (secondary N) is 2. The number of carbonyl (C=O) groups is 1. The minimum absolute atomic E-state index is 0.0704. The largest absolute Gasteiger partial charge is 0.489 e. The molecule has 192 valence electrons. The third-order valence-corrected chi connectivity index (χ3v) is 5.45. The molecule has 0 spiro atoms. The van der Waals surface area contributed by atoms with E-state index in [4.69, 9.17) is 16.3 Å². The van der Waals surface area contributed by atoms with Crippen LogP contribution in [0.4, 0.5) is 13.2 Å². The molecule has 0 aliphatic carbocycles. The Morgan fingerprint density at radius 3 is 2.53 bits per heavy atom. The summed E-state index contributed by atoms with van der Waals surface area (Å²) in [7, 11) is 0. The average molecular weight is 521 g/mol. The van der Waals surface area contributed by atoms with Crippen molar-refractivity contribution in [3.63, 3.8) is 0 Å². The van der Waals surface area contributed by atoms with Gasteiger partial charge < -0.3 is 19.9 Å². The molecule has 0 fully saturated rings. The van der Waals surface area contributed by atoms with Crippen LogP contribution in [0.25, 0.3) is 17.5 Å². The first kappa shape index (κ1) is 27.3. The third-order valence-electron chi connectivity index (χ3n) is 5.15. The number of alkyl halides is 3. The van der Waals surface area contributed by atoms with Crippen LogP contribution in [-0.4, -0.2) is 46.9 Å². The van der Waals surface area contributed by atoms with Crippen molar-refractivity contribution in [2.45, 2.75) is 38.6 Å². The minimum atomic E-state index is -4.36. The number of ether oxygens (including phenoxy) is 1. The van der Waals surface area contributed by atoms with E-state index in [9.17, 15) is 18.0 Å². The molecule has 0 aliphatic heterocycles. The van der Waals surface area contributed by atoms with E-state index in [-0.39, 0.29) is 23.2 Å². The molecule has 0 bridgehead atoms. The van der Waals surface area contributed by atoms with Gasteiger partial charge >= 0.3 is 6.18 Å². The molecule has 6 nitrogen and oxygen atoms in total. The first-order valence-electron chi connectivity index (χ1n) is 11.3. The van der Waals surface area contributed by atoms with Gasteiger partial charge in [0, 0.05) is 36.1 Å². The molecule has 0 saturated heterocycles. The number of hydrogen-bond donors (Lipinski definition) is 2. The summed E-state index contributed by atoms with van der Waals surface area (Å²) >= 11 is 6.24. The van der Waals surface area contributed by atoms with Gasteiger partial charge in [-0.05, 0) is 44.0 Å². The molecular weight excluding hydrogens is 493 g/mol. The molecule has 1 heterocycles. The van der Waals surface area contributed by atoms with E-state index in [1.54, 1.807) is 29.2 Å².